The average Bonchev–Trinajstić information content (AvgIpc) is 3.18. The number of benzene rings is 4. The van der Waals surface area contributed by atoms with Gasteiger partial charge in [-0.1, -0.05) is 155 Å². The van der Waals surface area contributed by atoms with Gasteiger partial charge in [0.25, 0.3) is 0 Å². The van der Waals surface area contributed by atoms with Crippen molar-refractivity contribution in [3.8, 4) is 0 Å². The van der Waals surface area contributed by atoms with Crippen molar-refractivity contribution in [3.63, 3.8) is 0 Å². The number of rotatable bonds is 20. The number of hydrogen-bond donors (Lipinski definition) is 0. The van der Waals surface area contributed by atoms with E-state index >= 15 is 0 Å². The topological polar surface area (TPSA) is 52.6 Å². The third-order valence-electron chi connectivity index (χ3n) is 11.1. The van der Waals surface area contributed by atoms with Crippen molar-refractivity contribution in [1.82, 2.24) is 0 Å². The number of hydrogen-bond acceptors (Lipinski definition) is 4. The van der Waals surface area contributed by atoms with Crippen LogP contribution in [0.4, 0.5) is 0 Å². The zero-order valence-corrected chi connectivity index (χ0v) is 31.9. The molecule has 0 bridgehead atoms. The van der Waals surface area contributed by atoms with E-state index in [2.05, 4.69) is 124 Å². The average molecular weight is 689 g/mol. The Balaban J connectivity index is 1.66. The van der Waals surface area contributed by atoms with E-state index in [1.807, 2.05) is 32.0 Å². The predicted octanol–water partition coefficient (Wildman–Crippen LogP) is 11.7. The van der Waals surface area contributed by atoms with Crippen LogP contribution in [0.15, 0.2) is 121 Å². The molecule has 0 amide bonds. The van der Waals surface area contributed by atoms with Gasteiger partial charge in [-0.15, -0.1) is 0 Å². The van der Waals surface area contributed by atoms with Gasteiger partial charge in [-0.2, -0.15) is 0 Å². The van der Waals surface area contributed by atoms with Gasteiger partial charge in [0, 0.05) is 5.41 Å². The molecule has 0 N–H and O–H groups in total. The third kappa shape index (κ3) is 10.7. The summed E-state index contributed by atoms with van der Waals surface area (Å²) in [5.74, 6) is 0.163. The van der Waals surface area contributed by atoms with Crippen molar-refractivity contribution in [2.45, 2.75) is 103 Å². The molecule has 0 heterocycles. The first-order valence-corrected chi connectivity index (χ1v) is 19.1. The molecule has 5 unspecified atom stereocenters. The molecule has 0 aliphatic rings. The van der Waals surface area contributed by atoms with Crippen LogP contribution < -0.4 is 0 Å². The SMILES string of the molecule is CCC(C)CC(CC(CC(C)(CC(C)C(=O)OCCCC(CC)c1ccccc1)C(=O)OC)(c1ccccc1)c1ccccc1)c1ccccc1. The minimum atomic E-state index is -0.975. The van der Waals surface area contributed by atoms with Crippen LogP contribution >= 0.6 is 0 Å². The first kappa shape index (κ1) is 39.6. The summed E-state index contributed by atoms with van der Waals surface area (Å²) in [5, 5.41) is 0. The minimum Gasteiger partial charge on any atom is -0.469 e. The van der Waals surface area contributed by atoms with Crippen LogP contribution in [-0.4, -0.2) is 25.7 Å². The summed E-state index contributed by atoms with van der Waals surface area (Å²) in [5.41, 5.74) is 3.44. The van der Waals surface area contributed by atoms with Crippen LogP contribution in [0.2, 0.25) is 0 Å². The first-order valence-electron chi connectivity index (χ1n) is 19.1. The molecule has 0 aliphatic heterocycles. The molecule has 0 saturated carbocycles. The molecule has 4 heteroatoms. The summed E-state index contributed by atoms with van der Waals surface area (Å²) in [6.45, 7) is 11.0. The first-order chi connectivity index (χ1) is 24.7. The highest BCUT2D eigenvalue weighted by atomic mass is 16.5. The third-order valence-corrected chi connectivity index (χ3v) is 11.1. The number of esters is 2. The van der Waals surface area contributed by atoms with Crippen LogP contribution in [0.3, 0.4) is 0 Å². The van der Waals surface area contributed by atoms with E-state index in [1.54, 1.807) is 0 Å². The lowest BCUT2D eigenvalue weighted by atomic mass is 9.59. The zero-order valence-electron chi connectivity index (χ0n) is 31.9. The van der Waals surface area contributed by atoms with Crippen LogP contribution in [0.5, 0.6) is 0 Å². The number of carbonyl (C=O) groups is 2. The quantitative estimate of drug-likeness (QED) is 0.0685. The van der Waals surface area contributed by atoms with E-state index in [9.17, 15) is 9.59 Å². The van der Waals surface area contributed by atoms with Crippen molar-refractivity contribution >= 4 is 11.9 Å². The van der Waals surface area contributed by atoms with Crippen LogP contribution in [0.25, 0.3) is 0 Å². The number of carbonyl (C=O) groups excluding carboxylic acids is 2. The second kappa shape index (κ2) is 19.4. The van der Waals surface area contributed by atoms with Gasteiger partial charge >= 0.3 is 11.9 Å². The number of ether oxygens (including phenoxy) is 2. The van der Waals surface area contributed by atoms with Gasteiger partial charge in [0.15, 0.2) is 0 Å². The Morgan fingerprint density at radius 2 is 1.16 bits per heavy atom. The fourth-order valence-corrected chi connectivity index (χ4v) is 8.20. The van der Waals surface area contributed by atoms with Crippen molar-refractivity contribution < 1.29 is 19.1 Å². The minimum absolute atomic E-state index is 0.244. The lowest BCUT2D eigenvalue weighted by molar-refractivity contribution is -0.157. The second-order valence-corrected chi connectivity index (χ2v) is 15.0. The standard InChI is InChI=1S/C47H60O4/c1-7-36(3)32-41(40-24-15-10-16-25-40)34-47(42-27-17-11-18-28-42,43-29-19-12-20-30-43)35-46(5,45(49)50-6)33-37(4)44(48)51-31-21-26-38(8-2)39-22-13-9-14-23-39/h9-20,22-25,27-30,36-38,41H,7-8,21,26,31-35H2,1-6H3. The Kier molecular flexibility index (Phi) is 15.1. The predicted molar refractivity (Wildman–Crippen MR) is 210 cm³/mol. The highest BCUT2D eigenvalue weighted by molar-refractivity contribution is 5.79. The van der Waals surface area contributed by atoms with Crippen molar-refractivity contribution in [2.24, 2.45) is 17.3 Å². The smallest absolute Gasteiger partial charge is 0.311 e. The maximum Gasteiger partial charge on any atom is 0.311 e. The monoisotopic (exact) mass is 688 g/mol. The summed E-state index contributed by atoms with van der Waals surface area (Å²) < 4.78 is 11.5. The Morgan fingerprint density at radius 3 is 1.63 bits per heavy atom. The largest absolute Gasteiger partial charge is 0.469 e. The van der Waals surface area contributed by atoms with Gasteiger partial charge in [-0.3, -0.25) is 9.59 Å². The second-order valence-electron chi connectivity index (χ2n) is 15.0. The van der Waals surface area contributed by atoms with Crippen LogP contribution in [0.1, 0.15) is 120 Å². The molecule has 51 heavy (non-hydrogen) atoms. The number of methoxy groups -OCH3 is 1. The Hall–Kier alpha value is -4.18. The van der Waals surface area contributed by atoms with Crippen LogP contribution in [0, 0.1) is 17.3 Å². The molecule has 0 aliphatic carbocycles. The highest BCUT2D eigenvalue weighted by Crippen LogP contribution is 2.51. The van der Waals surface area contributed by atoms with Gasteiger partial charge in [-0.05, 0) is 91.9 Å². The Morgan fingerprint density at radius 1 is 0.667 bits per heavy atom. The lowest BCUT2D eigenvalue weighted by Crippen LogP contribution is -2.42. The van der Waals surface area contributed by atoms with Gasteiger partial charge in [0.05, 0.1) is 25.0 Å². The van der Waals surface area contributed by atoms with E-state index in [0.29, 0.717) is 31.3 Å². The molecular weight excluding hydrogens is 629 g/mol. The molecule has 4 aromatic carbocycles. The molecule has 4 rings (SSSR count). The van der Waals surface area contributed by atoms with E-state index in [-0.39, 0.29) is 17.9 Å². The molecule has 0 spiro atoms. The maximum absolute atomic E-state index is 14.0. The van der Waals surface area contributed by atoms with Crippen molar-refractivity contribution in [2.75, 3.05) is 13.7 Å². The Labute approximate surface area is 308 Å². The molecule has 0 aromatic heterocycles. The van der Waals surface area contributed by atoms with Crippen molar-refractivity contribution in [3.05, 3.63) is 144 Å². The van der Waals surface area contributed by atoms with Gasteiger partial charge in [0.1, 0.15) is 0 Å². The van der Waals surface area contributed by atoms with E-state index in [4.69, 9.17) is 9.47 Å². The summed E-state index contributed by atoms with van der Waals surface area (Å²) >= 11 is 0. The van der Waals surface area contributed by atoms with Crippen LogP contribution in [-0.2, 0) is 24.5 Å². The molecular formula is C47H60O4. The molecule has 4 nitrogen and oxygen atoms in total. The van der Waals surface area contributed by atoms with E-state index in [0.717, 1.165) is 49.7 Å². The van der Waals surface area contributed by atoms with Gasteiger partial charge in [-0.25, -0.2) is 0 Å². The molecule has 5 atom stereocenters. The van der Waals surface area contributed by atoms with E-state index < -0.39 is 16.7 Å². The summed E-state index contributed by atoms with van der Waals surface area (Å²) in [7, 11) is 1.46. The normalized spacial score (nSPS) is 15.2. The zero-order chi connectivity index (χ0) is 36.7. The van der Waals surface area contributed by atoms with Gasteiger partial charge in [0.2, 0.25) is 0 Å². The van der Waals surface area contributed by atoms with Gasteiger partial charge < -0.3 is 9.47 Å². The molecule has 0 fully saturated rings. The Bertz CT molecular complexity index is 1550. The van der Waals surface area contributed by atoms with Crippen molar-refractivity contribution in [1.29, 1.82) is 0 Å². The fourth-order valence-electron chi connectivity index (χ4n) is 8.20. The molecule has 0 radical (unpaired) electrons. The molecule has 4 aromatic rings. The highest BCUT2D eigenvalue weighted by Gasteiger charge is 2.48. The molecule has 0 saturated heterocycles. The summed E-state index contributed by atoms with van der Waals surface area (Å²) in [4.78, 5) is 27.6. The molecule has 272 valence electrons. The fraction of sp³-hybridized carbons (Fsp3) is 0.447. The lowest BCUT2D eigenvalue weighted by Gasteiger charge is -2.44. The van der Waals surface area contributed by atoms with E-state index in [1.165, 1.54) is 18.2 Å². The summed E-state index contributed by atoms with van der Waals surface area (Å²) in [6.07, 6.45) is 6.53. The summed E-state index contributed by atoms with van der Waals surface area (Å²) in [6, 6.07) is 42.6. The maximum atomic E-state index is 14.0.